The van der Waals surface area contributed by atoms with Gasteiger partial charge in [-0.15, -0.1) is 0 Å². The van der Waals surface area contributed by atoms with Crippen molar-refractivity contribution in [2.75, 3.05) is 27.2 Å². The number of aliphatic hydroxyl groups excluding tert-OH is 1. The molecule has 170 valence electrons. The summed E-state index contributed by atoms with van der Waals surface area (Å²) in [5.41, 5.74) is 1.70. The van der Waals surface area contributed by atoms with Gasteiger partial charge in [0.25, 0.3) is 11.7 Å². The fourth-order valence-electron chi connectivity index (χ4n) is 4.06. The molecule has 33 heavy (non-hydrogen) atoms. The summed E-state index contributed by atoms with van der Waals surface area (Å²) in [6.45, 7) is 2.44. The smallest absolute Gasteiger partial charge is 0.295 e. The maximum absolute atomic E-state index is 14.8. The minimum Gasteiger partial charge on any atom is -0.507 e. The maximum atomic E-state index is 14.8. The molecule has 1 saturated heterocycles. The molecule has 2 heterocycles. The van der Waals surface area contributed by atoms with Gasteiger partial charge in [0.05, 0.1) is 34.8 Å². The van der Waals surface area contributed by atoms with Gasteiger partial charge in [-0.2, -0.15) is 5.10 Å². The van der Waals surface area contributed by atoms with Crippen LogP contribution in [0.5, 0.6) is 0 Å². The first kappa shape index (κ1) is 22.4. The van der Waals surface area contributed by atoms with Gasteiger partial charge in [-0.3, -0.25) is 9.59 Å². The van der Waals surface area contributed by atoms with Crippen LogP contribution in [0.25, 0.3) is 11.4 Å². The zero-order chi connectivity index (χ0) is 23.7. The van der Waals surface area contributed by atoms with E-state index in [4.69, 9.17) is 0 Å². The molecule has 0 spiro atoms. The normalized spacial score (nSPS) is 17.8. The summed E-state index contributed by atoms with van der Waals surface area (Å²) >= 11 is 0. The number of rotatable bonds is 6. The molecular weight excluding hydrogens is 423 g/mol. The molecule has 1 amide bonds. The number of halogens is 1. The number of ketones is 1. The van der Waals surface area contributed by atoms with E-state index in [9.17, 15) is 19.1 Å². The summed E-state index contributed by atoms with van der Waals surface area (Å²) < 4.78 is 16.5. The molecule has 3 aromatic rings. The average Bonchev–Trinajstić information content (AvgIpc) is 3.30. The lowest BCUT2D eigenvalue weighted by molar-refractivity contribution is -0.140. The number of hydrogen-bond donors (Lipinski definition) is 1. The van der Waals surface area contributed by atoms with E-state index in [-0.39, 0.29) is 23.4 Å². The molecule has 2 aromatic carbocycles. The molecule has 0 radical (unpaired) electrons. The lowest BCUT2D eigenvalue weighted by Gasteiger charge is -2.26. The maximum Gasteiger partial charge on any atom is 0.295 e. The SMILES string of the molecule is Cc1c(/C(O)=C2/C(=O)C(=O)N(CCN(C)C)C2c2ccccc2F)cnn1-c1ccccc1. The van der Waals surface area contributed by atoms with Crippen LogP contribution in [0.15, 0.2) is 66.4 Å². The van der Waals surface area contributed by atoms with E-state index in [1.54, 1.807) is 23.7 Å². The summed E-state index contributed by atoms with van der Waals surface area (Å²) in [4.78, 5) is 29.2. The molecule has 1 aliphatic rings. The second kappa shape index (κ2) is 8.99. The van der Waals surface area contributed by atoms with Crippen LogP contribution < -0.4 is 0 Å². The standard InChI is InChI=1S/C25H25FN4O3/c1-16-19(15-27-30(16)17-9-5-4-6-10-17)23(31)21-22(18-11-7-8-12-20(18)26)29(14-13-28(2)3)25(33)24(21)32/h4-12,15,22,31H,13-14H2,1-3H3/b23-21-. The van der Waals surface area contributed by atoms with Crippen molar-refractivity contribution in [1.29, 1.82) is 0 Å². The Morgan fingerprint density at radius 1 is 1.09 bits per heavy atom. The summed E-state index contributed by atoms with van der Waals surface area (Å²) in [6, 6.07) is 14.3. The molecule has 1 fully saturated rings. The molecule has 8 heteroatoms. The number of Topliss-reactive ketones (excluding diaryl/α,β-unsaturated/α-hetero) is 1. The number of carbonyl (C=O) groups excluding carboxylic acids is 2. The van der Waals surface area contributed by atoms with Crippen molar-refractivity contribution in [3.63, 3.8) is 0 Å². The van der Waals surface area contributed by atoms with Crippen LogP contribution in [0.1, 0.15) is 22.9 Å². The average molecular weight is 448 g/mol. The number of carbonyl (C=O) groups is 2. The Hall–Kier alpha value is -3.78. The molecule has 7 nitrogen and oxygen atoms in total. The number of amides is 1. The van der Waals surface area contributed by atoms with E-state index in [1.165, 1.54) is 23.2 Å². The van der Waals surface area contributed by atoms with Gasteiger partial charge in [-0.1, -0.05) is 36.4 Å². The van der Waals surface area contributed by atoms with Crippen molar-refractivity contribution in [2.24, 2.45) is 0 Å². The molecule has 1 aromatic heterocycles. The number of hydrogen-bond acceptors (Lipinski definition) is 5. The number of aliphatic hydroxyl groups is 1. The zero-order valence-electron chi connectivity index (χ0n) is 18.7. The van der Waals surface area contributed by atoms with E-state index >= 15 is 0 Å². The first-order valence-corrected chi connectivity index (χ1v) is 10.6. The van der Waals surface area contributed by atoms with Gasteiger partial charge in [0.1, 0.15) is 11.6 Å². The third-order valence-electron chi connectivity index (χ3n) is 5.79. The van der Waals surface area contributed by atoms with E-state index in [2.05, 4.69) is 5.10 Å². The topological polar surface area (TPSA) is 78.7 Å². The van der Waals surface area contributed by atoms with Gasteiger partial charge in [-0.25, -0.2) is 9.07 Å². The molecular formula is C25H25FN4O3. The molecule has 1 N–H and O–H groups in total. The molecule has 1 aliphatic heterocycles. The van der Waals surface area contributed by atoms with Crippen LogP contribution in [0.4, 0.5) is 4.39 Å². The molecule has 1 unspecified atom stereocenters. The van der Waals surface area contributed by atoms with Crippen LogP contribution in [0, 0.1) is 12.7 Å². The van der Waals surface area contributed by atoms with Crippen LogP contribution in [-0.4, -0.2) is 63.6 Å². The monoisotopic (exact) mass is 448 g/mol. The lowest BCUT2D eigenvalue weighted by atomic mass is 9.95. The van der Waals surface area contributed by atoms with Crippen molar-refractivity contribution in [2.45, 2.75) is 13.0 Å². The van der Waals surface area contributed by atoms with Crippen molar-refractivity contribution in [3.05, 3.63) is 89.0 Å². The molecule has 1 atom stereocenters. The minimum atomic E-state index is -1.04. The van der Waals surface area contributed by atoms with Crippen molar-refractivity contribution < 1.29 is 19.1 Å². The number of likely N-dealkylation sites (N-methyl/N-ethyl adjacent to an activating group) is 1. The number of nitrogens with zero attached hydrogens (tertiary/aromatic N) is 4. The first-order chi connectivity index (χ1) is 15.8. The predicted molar refractivity (Wildman–Crippen MR) is 122 cm³/mol. The van der Waals surface area contributed by atoms with Gasteiger partial charge in [0.2, 0.25) is 0 Å². The Morgan fingerprint density at radius 3 is 2.42 bits per heavy atom. The Morgan fingerprint density at radius 2 is 1.76 bits per heavy atom. The highest BCUT2D eigenvalue weighted by molar-refractivity contribution is 6.46. The second-order valence-electron chi connectivity index (χ2n) is 8.21. The van der Waals surface area contributed by atoms with E-state index in [0.29, 0.717) is 17.8 Å². The minimum absolute atomic E-state index is 0.139. The van der Waals surface area contributed by atoms with Crippen molar-refractivity contribution >= 4 is 17.4 Å². The largest absolute Gasteiger partial charge is 0.507 e. The van der Waals surface area contributed by atoms with E-state index in [0.717, 1.165) is 5.69 Å². The van der Waals surface area contributed by atoms with Gasteiger partial charge >= 0.3 is 0 Å². The first-order valence-electron chi connectivity index (χ1n) is 10.6. The summed E-state index contributed by atoms with van der Waals surface area (Å²) in [7, 11) is 3.69. The lowest BCUT2D eigenvalue weighted by Crippen LogP contribution is -2.35. The number of para-hydroxylation sites is 1. The molecule has 0 bridgehead atoms. The Bertz CT molecular complexity index is 1230. The third kappa shape index (κ3) is 4.05. The fraction of sp³-hybridized carbons (Fsp3) is 0.240. The highest BCUT2D eigenvalue weighted by atomic mass is 19.1. The number of likely N-dealkylation sites (tertiary alicyclic amines) is 1. The highest BCUT2D eigenvalue weighted by Gasteiger charge is 2.47. The summed E-state index contributed by atoms with van der Waals surface area (Å²) in [5.74, 6) is -2.53. The van der Waals surface area contributed by atoms with Crippen LogP contribution in [0.2, 0.25) is 0 Å². The van der Waals surface area contributed by atoms with Crippen molar-refractivity contribution in [3.8, 4) is 5.69 Å². The Labute approximate surface area is 191 Å². The Kier molecular flexibility index (Phi) is 6.11. The Balaban J connectivity index is 1.86. The fourth-order valence-corrected chi connectivity index (χ4v) is 4.06. The van der Waals surface area contributed by atoms with Gasteiger partial charge in [0.15, 0.2) is 0 Å². The van der Waals surface area contributed by atoms with Crippen LogP contribution in [0.3, 0.4) is 0 Å². The van der Waals surface area contributed by atoms with E-state index < -0.39 is 23.5 Å². The molecule has 0 aliphatic carbocycles. The zero-order valence-corrected chi connectivity index (χ0v) is 18.7. The van der Waals surface area contributed by atoms with Crippen LogP contribution in [-0.2, 0) is 9.59 Å². The van der Waals surface area contributed by atoms with Gasteiger partial charge in [-0.05, 0) is 39.2 Å². The summed E-state index contributed by atoms with van der Waals surface area (Å²) in [6.07, 6.45) is 1.45. The quantitative estimate of drug-likeness (QED) is 0.356. The van der Waals surface area contributed by atoms with Crippen LogP contribution >= 0.6 is 0 Å². The predicted octanol–water partition coefficient (Wildman–Crippen LogP) is 3.30. The number of benzene rings is 2. The second-order valence-corrected chi connectivity index (χ2v) is 8.21. The number of aromatic nitrogens is 2. The summed E-state index contributed by atoms with van der Waals surface area (Å²) in [5, 5.41) is 15.6. The molecule has 0 saturated carbocycles. The van der Waals surface area contributed by atoms with Crippen molar-refractivity contribution in [1.82, 2.24) is 19.6 Å². The van der Waals surface area contributed by atoms with E-state index in [1.807, 2.05) is 49.3 Å². The molecule has 4 rings (SSSR count). The highest BCUT2D eigenvalue weighted by Crippen LogP contribution is 2.40. The van der Waals surface area contributed by atoms with Gasteiger partial charge < -0.3 is 14.9 Å². The third-order valence-corrected chi connectivity index (χ3v) is 5.79. The van der Waals surface area contributed by atoms with Gasteiger partial charge in [0, 0.05) is 18.7 Å².